The van der Waals surface area contributed by atoms with Gasteiger partial charge in [-0.15, -0.1) is 0 Å². The van der Waals surface area contributed by atoms with Gasteiger partial charge in [0.2, 0.25) is 0 Å². The SMILES string of the molecule is Cc1ccc(NC(=O)/C=N\OCC(=O)Nc2ccc(C)c(F)c2)c(C)c1. The summed E-state index contributed by atoms with van der Waals surface area (Å²) in [4.78, 5) is 28.2. The monoisotopic (exact) mass is 357 g/mol. The normalized spacial score (nSPS) is 10.6. The first-order valence-electron chi connectivity index (χ1n) is 7.94. The smallest absolute Gasteiger partial charge is 0.270 e. The van der Waals surface area contributed by atoms with Gasteiger partial charge >= 0.3 is 0 Å². The average Bonchev–Trinajstić information content (AvgIpc) is 2.58. The maximum atomic E-state index is 13.4. The van der Waals surface area contributed by atoms with E-state index >= 15 is 0 Å². The molecule has 2 aromatic rings. The number of rotatable bonds is 6. The highest BCUT2D eigenvalue weighted by molar-refractivity contribution is 6.31. The average molecular weight is 357 g/mol. The minimum absolute atomic E-state index is 0.318. The fourth-order valence-electron chi connectivity index (χ4n) is 2.17. The Morgan fingerprint density at radius 1 is 1.08 bits per heavy atom. The number of oxime groups is 1. The van der Waals surface area contributed by atoms with E-state index in [0.717, 1.165) is 17.3 Å². The summed E-state index contributed by atoms with van der Waals surface area (Å²) in [7, 11) is 0. The van der Waals surface area contributed by atoms with E-state index in [2.05, 4.69) is 15.8 Å². The molecule has 7 heteroatoms. The van der Waals surface area contributed by atoms with Gasteiger partial charge in [0, 0.05) is 11.4 Å². The molecular weight excluding hydrogens is 337 g/mol. The van der Waals surface area contributed by atoms with Crippen molar-refractivity contribution in [3.05, 3.63) is 58.9 Å². The predicted molar refractivity (Wildman–Crippen MR) is 98.8 cm³/mol. The van der Waals surface area contributed by atoms with Crippen LogP contribution in [-0.2, 0) is 14.4 Å². The van der Waals surface area contributed by atoms with Crippen LogP contribution < -0.4 is 10.6 Å². The van der Waals surface area contributed by atoms with Crippen molar-refractivity contribution < 1.29 is 18.8 Å². The van der Waals surface area contributed by atoms with Crippen LogP contribution in [-0.4, -0.2) is 24.6 Å². The molecule has 0 fully saturated rings. The first-order valence-corrected chi connectivity index (χ1v) is 7.94. The molecule has 2 rings (SSSR count). The van der Waals surface area contributed by atoms with Crippen molar-refractivity contribution in [3.63, 3.8) is 0 Å². The molecule has 0 aliphatic heterocycles. The molecule has 0 saturated carbocycles. The molecule has 26 heavy (non-hydrogen) atoms. The molecule has 0 unspecified atom stereocenters. The number of aryl methyl sites for hydroxylation is 3. The third kappa shape index (κ3) is 5.70. The predicted octanol–water partition coefficient (Wildman–Crippen LogP) is 3.33. The Balaban J connectivity index is 1.78. The number of nitrogens with zero attached hydrogens (tertiary/aromatic N) is 1. The molecule has 0 bridgehead atoms. The molecule has 0 saturated heterocycles. The second-order valence-electron chi connectivity index (χ2n) is 5.83. The van der Waals surface area contributed by atoms with Crippen LogP contribution in [0, 0.1) is 26.6 Å². The van der Waals surface area contributed by atoms with Crippen LogP contribution in [0.2, 0.25) is 0 Å². The van der Waals surface area contributed by atoms with E-state index in [1.807, 2.05) is 26.0 Å². The number of hydrogen-bond acceptors (Lipinski definition) is 4. The maximum absolute atomic E-state index is 13.4. The molecule has 0 spiro atoms. The number of carbonyl (C=O) groups excluding carboxylic acids is 2. The molecule has 2 aromatic carbocycles. The van der Waals surface area contributed by atoms with Gasteiger partial charge in [-0.2, -0.15) is 0 Å². The Morgan fingerprint density at radius 2 is 1.85 bits per heavy atom. The first-order chi connectivity index (χ1) is 12.3. The minimum Gasteiger partial charge on any atom is -0.385 e. The van der Waals surface area contributed by atoms with Crippen molar-refractivity contribution in [2.75, 3.05) is 17.2 Å². The van der Waals surface area contributed by atoms with Gasteiger partial charge in [0.1, 0.15) is 12.0 Å². The summed E-state index contributed by atoms with van der Waals surface area (Å²) in [6.45, 7) is 5.07. The lowest BCUT2D eigenvalue weighted by molar-refractivity contribution is -0.120. The summed E-state index contributed by atoms with van der Waals surface area (Å²) in [6.07, 6.45) is 0.943. The number of anilines is 2. The topological polar surface area (TPSA) is 79.8 Å². The van der Waals surface area contributed by atoms with Gasteiger partial charge in [0.25, 0.3) is 11.8 Å². The summed E-state index contributed by atoms with van der Waals surface area (Å²) < 4.78 is 13.4. The highest BCUT2D eigenvalue weighted by atomic mass is 19.1. The standard InChI is InChI=1S/C19H20FN3O3/c1-12-4-7-17(14(3)8-12)23-18(24)10-21-26-11-19(25)22-15-6-5-13(2)16(20)9-15/h4-10H,11H2,1-3H3,(H,22,25)(H,23,24)/b21-10-. The van der Waals surface area contributed by atoms with Crippen LogP contribution in [0.3, 0.4) is 0 Å². The number of amides is 2. The quantitative estimate of drug-likeness (QED) is 0.615. The molecule has 2 N–H and O–H groups in total. The van der Waals surface area contributed by atoms with Gasteiger partial charge in [0.05, 0.1) is 0 Å². The van der Waals surface area contributed by atoms with Crippen LogP contribution in [0.15, 0.2) is 41.6 Å². The zero-order valence-electron chi connectivity index (χ0n) is 14.8. The Kier molecular flexibility index (Phi) is 6.43. The fraction of sp³-hybridized carbons (Fsp3) is 0.211. The number of hydrogen-bond donors (Lipinski definition) is 2. The van der Waals surface area contributed by atoms with Gasteiger partial charge < -0.3 is 15.5 Å². The van der Waals surface area contributed by atoms with E-state index in [1.54, 1.807) is 25.1 Å². The fourth-order valence-corrected chi connectivity index (χ4v) is 2.17. The van der Waals surface area contributed by atoms with E-state index in [-0.39, 0.29) is 0 Å². The van der Waals surface area contributed by atoms with E-state index in [4.69, 9.17) is 4.84 Å². The molecule has 136 valence electrons. The lowest BCUT2D eigenvalue weighted by Crippen LogP contribution is -2.18. The van der Waals surface area contributed by atoms with Crippen molar-refractivity contribution in [1.82, 2.24) is 0 Å². The maximum Gasteiger partial charge on any atom is 0.270 e. The Morgan fingerprint density at radius 3 is 2.54 bits per heavy atom. The van der Waals surface area contributed by atoms with Gasteiger partial charge in [0.15, 0.2) is 6.61 Å². The molecule has 0 radical (unpaired) electrons. The van der Waals surface area contributed by atoms with Crippen molar-refractivity contribution >= 4 is 29.4 Å². The van der Waals surface area contributed by atoms with E-state index in [9.17, 15) is 14.0 Å². The van der Waals surface area contributed by atoms with Crippen LogP contribution in [0.4, 0.5) is 15.8 Å². The molecule has 6 nitrogen and oxygen atoms in total. The van der Waals surface area contributed by atoms with E-state index in [1.165, 1.54) is 6.07 Å². The summed E-state index contributed by atoms with van der Waals surface area (Å²) in [5.74, 6) is -1.40. The highest BCUT2D eigenvalue weighted by Crippen LogP contribution is 2.15. The number of halogens is 1. The summed E-state index contributed by atoms with van der Waals surface area (Å²) >= 11 is 0. The first kappa shape index (κ1) is 19.1. The molecule has 0 atom stereocenters. The van der Waals surface area contributed by atoms with Gasteiger partial charge in [-0.05, 0) is 50.1 Å². The molecule has 0 aliphatic rings. The second kappa shape index (κ2) is 8.75. The molecule has 2 amide bonds. The lowest BCUT2D eigenvalue weighted by atomic mass is 10.1. The third-order valence-electron chi connectivity index (χ3n) is 3.54. The molecule has 0 aromatic heterocycles. The second-order valence-corrected chi connectivity index (χ2v) is 5.83. The van der Waals surface area contributed by atoms with Gasteiger partial charge in [-0.25, -0.2) is 4.39 Å². The molecule has 0 aliphatic carbocycles. The van der Waals surface area contributed by atoms with Crippen molar-refractivity contribution in [2.45, 2.75) is 20.8 Å². The zero-order valence-corrected chi connectivity index (χ0v) is 14.8. The van der Waals surface area contributed by atoms with E-state index in [0.29, 0.717) is 16.9 Å². The number of nitrogens with one attached hydrogen (secondary N) is 2. The Bertz CT molecular complexity index is 850. The molecule has 0 heterocycles. The molecular formula is C19H20FN3O3. The van der Waals surface area contributed by atoms with Crippen molar-refractivity contribution in [1.29, 1.82) is 0 Å². The lowest BCUT2D eigenvalue weighted by Gasteiger charge is -2.07. The zero-order chi connectivity index (χ0) is 19.1. The van der Waals surface area contributed by atoms with Gasteiger partial charge in [-0.3, -0.25) is 9.59 Å². The van der Waals surface area contributed by atoms with Gasteiger partial charge in [-0.1, -0.05) is 28.9 Å². The largest absolute Gasteiger partial charge is 0.385 e. The van der Waals surface area contributed by atoms with Crippen molar-refractivity contribution in [3.8, 4) is 0 Å². The Hall–Kier alpha value is -3.22. The number of carbonyl (C=O) groups is 2. The van der Waals surface area contributed by atoms with Crippen LogP contribution in [0.25, 0.3) is 0 Å². The summed E-state index contributed by atoms with van der Waals surface area (Å²) in [6, 6.07) is 9.98. The van der Waals surface area contributed by atoms with Crippen LogP contribution in [0.1, 0.15) is 16.7 Å². The van der Waals surface area contributed by atoms with E-state index < -0.39 is 24.2 Å². The Labute approximate surface area is 151 Å². The summed E-state index contributed by atoms with van der Waals surface area (Å²) in [5, 5.41) is 8.59. The highest BCUT2D eigenvalue weighted by Gasteiger charge is 2.06. The van der Waals surface area contributed by atoms with Crippen LogP contribution in [0.5, 0.6) is 0 Å². The minimum atomic E-state index is -0.514. The van der Waals surface area contributed by atoms with Crippen molar-refractivity contribution in [2.24, 2.45) is 5.16 Å². The third-order valence-corrected chi connectivity index (χ3v) is 3.54. The summed E-state index contributed by atoms with van der Waals surface area (Å²) in [5.41, 5.74) is 3.50. The van der Waals surface area contributed by atoms with Crippen LogP contribution >= 0.6 is 0 Å². The number of benzene rings is 2.